The maximum Gasteiger partial charge on any atom is 0.264 e. The maximum atomic E-state index is 12.9. The number of carbonyl (C=O) groups is 2. The van der Waals surface area contributed by atoms with Crippen LogP contribution in [0.4, 0.5) is 5.69 Å². The smallest absolute Gasteiger partial charge is 0.264 e. The monoisotopic (exact) mass is 459 g/mol. The molecule has 1 aliphatic rings. The Bertz CT molecular complexity index is 1120. The van der Waals surface area contributed by atoms with Crippen molar-refractivity contribution < 1.29 is 22.8 Å². The molecule has 1 heterocycles. The van der Waals surface area contributed by atoms with E-state index in [1.54, 1.807) is 18.2 Å². The summed E-state index contributed by atoms with van der Waals surface area (Å²) in [5.41, 5.74) is 2.08. The van der Waals surface area contributed by atoms with Gasteiger partial charge in [0.2, 0.25) is 0 Å². The number of aryl methyl sites for hydroxylation is 1. The van der Waals surface area contributed by atoms with Gasteiger partial charge in [0.1, 0.15) is 0 Å². The van der Waals surface area contributed by atoms with E-state index in [1.807, 2.05) is 11.8 Å². The fraction of sp³-hybridized carbons (Fsp3) is 0.391. The summed E-state index contributed by atoms with van der Waals surface area (Å²) in [4.78, 5) is 32.3. The largest absolute Gasteiger partial charge is 0.336 e. The van der Waals surface area contributed by atoms with Gasteiger partial charge in [-0.25, -0.2) is 8.42 Å². The van der Waals surface area contributed by atoms with Gasteiger partial charge in [-0.3, -0.25) is 14.4 Å². The molecule has 0 aliphatic carbocycles. The van der Waals surface area contributed by atoms with E-state index in [9.17, 15) is 18.0 Å². The zero-order valence-corrected chi connectivity index (χ0v) is 19.6. The lowest BCUT2D eigenvalue weighted by atomic mass is 10.0. The Labute approximate surface area is 189 Å². The van der Waals surface area contributed by atoms with Crippen LogP contribution in [0.5, 0.6) is 0 Å². The van der Waals surface area contributed by atoms with Crippen LogP contribution >= 0.6 is 0 Å². The van der Waals surface area contributed by atoms with Crippen molar-refractivity contribution in [2.75, 3.05) is 26.0 Å². The first-order valence-corrected chi connectivity index (χ1v) is 11.9. The highest BCUT2D eigenvalue weighted by Crippen LogP contribution is 2.23. The minimum Gasteiger partial charge on any atom is -0.336 e. The predicted octanol–water partition coefficient (Wildman–Crippen LogP) is 3.44. The van der Waals surface area contributed by atoms with Crippen molar-refractivity contribution >= 4 is 27.5 Å². The van der Waals surface area contributed by atoms with Gasteiger partial charge >= 0.3 is 0 Å². The zero-order valence-electron chi connectivity index (χ0n) is 18.8. The SMILES string of the molecule is CON(C)S(=O)(=O)c1cccc(C(=O)Nc2ccc(C(=O)N3CCCCC3C)cc2C)c1. The molecule has 1 N–H and O–H groups in total. The Morgan fingerprint density at radius 2 is 1.88 bits per heavy atom. The van der Waals surface area contributed by atoms with Gasteiger partial charge < -0.3 is 10.2 Å². The minimum atomic E-state index is -3.87. The standard InChI is InChI=1S/C23H29N3O5S/c1-16-14-19(23(28)26-13-6-5-8-17(26)2)11-12-21(16)24-22(27)18-9-7-10-20(15-18)32(29,30)25(3)31-4/h7,9-12,14-15,17H,5-6,8,13H2,1-4H3,(H,24,27). The number of piperidine rings is 1. The lowest BCUT2D eigenvalue weighted by Gasteiger charge is -2.33. The van der Waals surface area contributed by atoms with Crippen LogP contribution in [0.25, 0.3) is 0 Å². The van der Waals surface area contributed by atoms with Crippen molar-refractivity contribution in [1.82, 2.24) is 9.37 Å². The van der Waals surface area contributed by atoms with Crippen LogP contribution in [0, 0.1) is 6.92 Å². The molecule has 1 fully saturated rings. The third-order valence-corrected chi connectivity index (χ3v) is 7.45. The molecular formula is C23H29N3O5S. The number of likely N-dealkylation sites (tertiary alicyclic amines) is 1. The molecule has 0 aromatic heterocycles. The number of amides is 2. The first-order valence-electron chi connectivity index (χ1n) is 10.5. The number of rotatable bonds is 6. The van der Waals surface area contributed by atoms with E-state index in [2.05, 4.69) is 12.2 Å². The Balaban J connectivity index is 1.77. The molecule has 2 amide bonds. The molecule has 0 saturated carbocycles. The Morgan fingerprint density at radius 1 is 1.12 bits per heavy atom. The van der Waals surface area contributed by atoms with Crippen molar-refractivity contribution in [1.29, 1.82) is 0 Å². The predicted molar refractivity (Wildman–Crippen MR) is 122 cm³/mol. The minimum absolute atomic E-state index is 0.00153. The number of nitrogens with one attached hydrogen (secondary N) is 1. The van der Waals surface area contributed by atoms with E-state index < -0.39 is 15.9 Å². The summed E-state index contributed by atoms with van der Waals surface area (Å²) in [6, 6.07) is 11.1. The molecule has 0 spiro atoms. The van der Waals surface area contributed by atoms with E-state index in [0.717, 1.165) is 35.8 Å². The van der Waals surface area contributed by atoms with Crippen molar-refractivity contribution in [3.63, 3.8) is 0 Å². The molecule has 1 atom stereocenters. The van der Waals surface area contributed by atoms with Crippen molar-refractivity contribution in [3.05, 3.63) is 59.2 Å². The molecule has 1 aliphatic heterocycles. The zero-order chi connectivity index (χ0) is 23.5. The Kier molecular flexibility index (Phi) is 7.33. The van der Waals surface area contributed by atoms with Gasteiger partial charge in [0.15, 0.2) is 0 Å². The number of hydrogen-bond donors (Lipinski definition) is 1. The maximum absolute atomic E-state index is 12.9. The number of benzene rings is 2. The molecule has 3 rings (SSSR count). The van der Waals surface area contributed by atoms with Crippen LogP contribution in [0.3, 0.4) is 0 Å². The molecule has 172 valence electrons. The van der Waals surface area contributed by atoms with Gasteiger partial charge in [0.05, 0.1) is 12.0 Å². The van der Waals surface area contributed by atoms with Gasteiger partial charge in [-0.1, -0.05) is 10.5 Å². The Hall–Kier alpha value is -2.75. The highest BCUT2D eigenvalue weighted by molar-refractivity contribution is 7.89. The summed E-state index contributed by atoms with van der Waals surface area (Å²) in [6.45, 7) is 4.65. The van der Waals surface area contributed by atoms with E-state index >= 15 is 0 Å². The van der Waals surface area contributed by atoms with E-state index in [1.165, 1.54) is 38.4 Å². The molecule has 2 aromatic carbocycles. The molecule has 1 unspecified atom stereocenters. The number of hydrogen-bond acceptors (Lipinski definition) is 5. The lowest BCUT2D eigenvalue weighted by molar-refractivity contribution is -0.0258. The van der Waals surface area contributed by atoms with Crippen molar-refractivity contribution in [3.8, 4) is 0 Å². The van der Waals surface area contributed by atoms with Gasteiger partial charge in [0, 0.05) is 36.4 Å². The number of anilines is 1. The average molecular weight is 460 g/mol. The molecule has 2 aromatic rings. The van der Waals surface area contributed by atoms with E-state index in [0.29, 0.717) is 11.3 Å². The van der Waals surface area contributed by atoms with Gasteiger partial charge in [-0.15, -0.1) is 0 Å². The summed E-state index contributed by atoms with van der Waals surface area (Å²) < 4.78 is 25.6. The van der Waals surface area contributed by atoms with E-state index in [-0.39, 0.29) is 22.4 Å². The van der Waals surface area contributed by atoms with Gasteiger partial charge in [0.25, 0.3) is 21.8 Å². The lowest BCUT2D eigenvalue weighted by Crippen LogP contribution is -2.42. The van der Waals surface area contributed by atoms with Crippen LogP contribution in [-0.2, 0) is 14.9 Å². The van der Waals surface area contributed by atoms with Gasteiger partial charge in [-0.05, 0) is 75.1 Å². The van der Waals surface area contributed by atoms with Crippen LogP contribution in [-0.4, -0.2) is 56.3 Å². The summed E-state index contributed by atoms with van der Waals surface area (Å²) >= 11 is 0. The second-order valence-electron chi connectivity index (χ2n) is 7.95. The molecule has 8 nitrogen and oxygen atoms in total. The van der Waals surface area contributed by atoms with Crippen molar-refractivity contribution in [2.24, 2.45) is 0 Å². The summed E-state index contributed by atoms with van der Waals surface area (Å²) in [5, 5.41) is 2.80. The van der Waals surface area contributed by atoms with Crippen molar-refractivity contribution in [2.45, 2.75) is 44.0 Å². The fourth-order valence-electron chi connectivity index (χ4n) is 3.74. The van der Waals surface area contributed by atoms with Crippen LogP contribution < -0.4 is 5.32 Å². The van der Waals surface area contributed by atoms with Crippen LogP contribution in [0.15, 0.2) is 47.4 Å². The number of hydroxylamine groups is 1. The summed E-state index contributed by atoms with van der Waals surface area (Å²) in [7, 11) is -1.34. The molecule has 1 saturated heterocycles. The van der Waals surface area contributed by atoms with Gasteiger partial charge in [-0.2, -0.15) is 0 Å². The molecule has 9 heteroatoms. The van der Waals surface area contributed by atoms with E-state index in [4.69, 9.17) is 4.84 Å². The third-order valence-electron chi connectivity index (χ3n) is 5.78. The number of nitrogens with zero attached hydrogens (tertiary/aromatic N) is 2. The topological polar surface area (TPSA) is 96.0 Å². The van der Waals surface area contributed by atoms with Crippen LogP contribution in [0.1, 0.15) is 52.5 Å². The first-order chi connectivity index (χ1) is 15.1. The molecular weight excluding hydrogens is 430 g/mol. The molecule has 32 heavy (non-hydrogen) atoms. The average Bonchev–Trinajstić information content (AvgIpc) is 2.79. The van der Waals surface area contributed by atoms with Crippen LogP contribution in [0.2, 0.25) is 0 Å². The Morgan fingerprint density at radius 3 is 2.53 bits per heavy atom. The highest BCUT2D eigenvalue weighted by Gasteiger charge is 2.25. The first kappa shape index (κ1) is 23.9. The quantitative estimate of drug-likeness (QED) is 0.668. The third kappa shape index (κ3) is 5.01. The molecule has 0 bridgehead atoms. The second-order valence-corrected chi connectivity index (χ2v) is 9.89. The normalized spacial score (nSPS) is 16.8. The summed E-state index contributed by atoms with van der Waals surface area (Å²) in [6.07, 6.45) is 3.16. The molecule has 0 radical (unpaired) electrons. The second kappa shape index (κ2) is 9.81. The summed E-state index contributed by atoms with van der Waals surface area (Å²) in [5.74, 6) is -0.452. The highest BCUT2D eigenvalue weighted by atomic mass is 32.2. The fourth-order valence-corrected chi connectivity index (χ4v) is 4.76. The number of sulfonamides is 1. The number of carbonyl (C=O) groups excluding carboxylic acids is 2.